The number of rotatable bonds is 5. The van der Waals surface area contributed by atoms with E-state index in [-0.39, 0.29) is 11.7 Å². The zero-order valence-corrected chi connectivity index (χ0v) is 16.4. The van der Waals surface area contributed by atoms with Gasteiger partial charge in [0, 0.05) is 26.2 Å². The highest BCUT2D eigenvalue weighted by molar-refractivity contribution is 5.78. The third-order valence-electron chi connectivity index (χ3n) is 4.89. The van der Waals surface area contributed by atoms with Gasteiger partial charge in [0.25, 0.3) is 5.56 Å². The van der Waals surface area contributed by atoms with E-state index in [1.165, 1.54) is 0 Å². The normalized spacial score (nSPS) is 15.2. The predicted molar refractivity (Wildman–Crippen MR) is 111 cm³/mol. The second-order valence-electron chi connectivity index (χ2n) is 7.35. The molecule has 1 aliphatic heterocycles. The van der Waals surface area contributed by atoms with Crippen molar-refractivity contribution in [3.8, 4) is 11.4 Å². The quantitative estimate of drug-likeness (QED) is 0.740. The van der Waals surface area contributed by atoms with Crippen LogP contribution < -0.4 is 15.6 Å². The molecule has 28 heavy (non-hydrogen) atoms. The van der Waals surface area contributed by atoms with Gasteiger partial charge in [-0.1, -0.05) is 24.3 Å². The van der Waals surface area contributed by atoms with Gasteiger partial charge in [-0.3, -0.25) is 14.3 Å². The SMILES string of the molecule is CC(C)Oc1ccccc1-n1c(CN2CCNCC2)nc2ccccc2c1=O. The lowest BCUT2D eigenvalue weighted by molar-refractivity contribution is 0.225. The summed E-state index contributed by atoms with van der Waals surface area (Å²) in [7, 11) is 0. The molecule has 4 rings (SSSR count). The maximum Gasteiger partial charge on any atom is 0.266 e. The predicted octanol–water partition coefficient (Wildman–Crippen LogP) is 2.58. The van der Waals surface area contributed by atoms with Crippen molar-refractivity contribution in [3.05, 3.63) is 64.7 Å². The van der Waals surface area contributed by atoms with Gasteiger partial charge in [-0.15, -0.1) is 0 Å². The minimum absolute atomic E-state index is 0.0156. The lowest BCUT2D eigenvalue weighted by atomic mass is 10.2. The Morgan fingerprint density at radius 1 is 1.07 bits per heavy atom. The summed E-state index contributed by atoms with van der Waals surface area (Å²) >= 11 is 0. The van der Waals surface area contributed by atoms with Gasteiger partial charge in [-0.05, 0) is 38.1 Å². The molecule has 1 aliphatic rings. The molecule has 0 bridgehead atoms. The van der Waals surface area contributed by atoms with Crippen LogP contribution in [0.5, 0.6) is 5.75 Å². The number of nitrogens with zero attached hydrogens (tertiary/aromatic N) is 3. The van der Waals surface area contributed by atoms with E-state index < -0.39 is 0 Å². The Morgan fingerprint density at radius 2 is 1.79 bits per heavy atom. The van der Waals surface area contributed by atoms with Crippen LogP contribution in [0.3, 0.4) is 0 Å². The zero-order chi connectivity index (χ0) is 19.5. The molecule has 6 heteroatoms. The molecule has 0 unspecified atom stereocenters. The van der Waals surface area contributed by atoms with Crippen LogP contribution in [0.4, 0.5) is 0 Å². The van der Waals surface area contributed by atoms with Gasteiger partial charge in [0.2, 0.25) is 0 Å². The average molecular weight is 378 g/mol. The summed E-state index contributed by atoms with van der Waals surface area (Å²) in [5, 5.41) is 3.98. The van der Waals surface area contributed by atoms with E-state index in [9.17, 15) is 4.79 Å². The summed E-state index contributed by atoms with van der Waals surface area (Å²) in [4.78, 5) is 20.7. The van der Waals surface area contributed by atoms with Crippen LogP contribution in [0, 0.1) is 0 Å². The van der Waals surface area contributed by atoms with Crippen LogP contribution in [-0.4, -0.2) is 46.7 Å². The maximum atomic E-state index is 13.5. The number of nitrogens with one attached hydrogen (secondary N) is 1. The third kappa shape index (κ3) is 3.79. The number of aromatic nitrogens is 2. The summed E-state index contributed by atoms with van der Waals surface area (Å²) in [6.45, 7) is 8.37. The van der Waals surface area contributed by atoms with Crippen molar-refractivity contribution in [1.82, 2.24) is 19.8 Å². The largest absolute Gasteiger partial charge is 0.489 e. The first-order chi connectivity index (χ1) is 13.6. The minimum atomic E-state index is -0.0597. The van der Waals surface area contributed by atoms with Crippen molar-refractivity contribution in [2.24, 2.45) is 0 Å². The number of ether oxygens (including phenoxy) is 1. The number of para-hydroxylation sites is 3. The molecule has 3 aromatic rings. The molecule has 1 aromatic heterocycles. The smallest absolute Gasteiger partial charge is 0.266 e. The van der Waals surface area contributed by atoms with Crippen LogP contribution >= 0.6 is 0 Å². The van der Waals surface area contributed by atoms with Crippen molar-refractivity contribution in [3.63, 3.8) is 0 Å². The number of hydrogen-bond acceptors (Lipinski definition) is 5. The van der Waals surface area contributed by atoms with E-state index in [0.717, 1.165) is 43.2 Å². The van der Waals surface area contributed by atoms with E-state index in [1.807, 2.05) is 62.4 Å². The molecule has 6 nitrogen and oxygen atoms in total. The highest BCUT2D eigenvalue weighted by Gasteiger charge is 2.19. The monoisotopic (exact) mass is 378 g/mol. The molecule has 2 heterocycles. The van der Waals surface area contributed by atoms with Gasteiger partial charge in [-0.25, -0.2) is 4.98 Å². The van der Waals surface area contributed by atoms with Crippen LogP contribution in [0.25, 0.3) is 16.6 Å². The second kappa shape index (κ2) is 8.12. The van der Waals surface area contributed by atoms with Crippen LogP contribution in [0.15, 0.2) is 53.3 Å². The number of hydrogen-bond donors (Lipinski definition) is 1. The summed E-state index contributed by atoms with van der Waals surface area (Å²) in [5.41, 5.74) is 1.41. The minimum Gasteiger partial charge on any atom is -0.489 e. The van der Waals surface area contributed by atoms with Crippen molar-refractivity contribution < 1.29 is 4.74 Å². The van der Waals surface area contributed by atoms with Gasteiger partial charge in [-0.2, -0.15) is 0 Å². The van der Waals surface area contributed by atoms with E-state index in [1.54, 1.807) is 4.57 Å². The fraction of sp³-hybridized carbons (Fsp3) is 0.364. The first-order valence-corrected chi connectivity index (χ1v) is 9.83. The topological polar surface area (TPSA) is 59.4 Å². The first kappa shape index (κ1) is 18.7. The lowest BCUT2D eigenvalue weighted by Gasteiger charge is -2.28. The molecule has 146 valence electrons. The van der Waals surface area contributed by atoms with Gasteiger partial charge in [0.05, 0.1) is 29.2 Å². The third-order valence-corrected chi connectivity index (χ3v) is 4.89. The van der Waals surface area contributed by atoms with Gasteiger partial charge >= 0.3 is 0 Å². The molecule has 1 N–H and O–H groups in total. The molecule has 0 radical (unpaired) electrons. The van der Waals surface area contributed by atoms with Gasteiger partial charge < -0.3 is 10.1 Å². The molecule has 1 fully saturated rings. The molecule has 0 atom stereocenters. The van der Waals surface area contributed by atoms with Crippen molar-refractivity contribution in [2.75, 3.05) is 26.2 Å². The Hall–Kier alpha value is -2.70. The molecule has 2 aromatic carbocycles. The fourth-order valence-electron chi connectivity index (χ4n) is 3.60. The molecular formula is C22H26N4O2. The van der Waals surface area contributed by atoms with Crippen LogP contribution in [0.2, 0.25) is 0 Å². The second-order valence-corrected chi connectivity index (χ2v) is 7.35. The van der Waals surface area contributed by atoms with Crippen molar-refractivity contribution >= 4 is 10.9 Å². The molecule has 0 spiro atoms. The molecule has 1 saturated heterocycles. The Balaban J connectivity index is 1.89. The Morgan fingerprint density at radius 3 is 2.57 bits per heavy atom. The maximum absolute atomic E-state index is 13.5. The van der Waals surface area contributed by atoms with Crippen molar-refractivity contribution in [1.29, 1.82) is 0 Å². The Kier molecular flexibility index (Phi) is 5.41. The average Bonchev–Trinajstić information content (AvgIpc) is 2.70. The zero-order valence-electron chi connectivity index (χ0n) is 16.4. The van der Waals surface area contributed by atoms with Gasteiger partial charge in [0.1, 0.15) is 11.6 Å². The fourth-order valence-corrected chi connectivity index (χ4v) is 3.60. The summed E-state index contributed by atoms with van der Waals surface area (Å²) in [6, 6.07) is 15.2. The lowest BCUT2D eigenvalue weighted by Crippen LogP contribution is -2.44. The standard InChI is InChI=1S/C22H26N4O2/c1-16(2)28-20-10-6-5-9-19(20)26-21(15-25-13-11-23-12-14-25)24-18-8-4-3-7-17(18)22(26)27/h3-10,16,23H,11-15H2,1-2H3. The van der Waals surface area contributed by atoms with Gasteiger partial charge in [0.15, 0.2) is 0 Å². The highest BCUT2D eigenvalue weighted by Crippen LogP contribution is 2.25. The number of benzene rings is 2. The number of fused-ring (bicyclic) bond motifs is 1. The molecule has 0 amide bonds. The highest BCUT2D eigenvalue weighted by atomic mass is 16.5. The molecule has 0 saturated carbocycles. The van der Waals surface area contributed by atoms with Crippen LogP contribution in [0.1, 0.15) is 19.7 Å². The molecule has 0 aliphatic carbocycles. The van der Waals surface area contributed by atoms with E-state index >= 15 is 0 Å². The van der Waals surface area contributed by atoms with E-state index in [0.29, 0.717) is 17.7 Å². The first-order valence-electron chi connectivity index (χ1n) is 9.83. The van der Waals surface area contributed by atoms with Crippen LogP contribution in [-0.2, 0) is 6.54 Å². The Labute approximate surface area is 164 Å². The summed E-state index contributed by atoms with van der Waals surface area (Å²) in [6.07, 6.45) is 0.0156. The Bertz CT molecular complexity index is 1020. The summed E-state index contributed by atoms with van der Waals surface area (Å²) in [5.74, 6) is 1.43. The van der Waals surface area contributed by atoms with Crippen molar-refractivity contribution in [2.45, 2.75) is 26.5 Å². The summed E-state index contributed by atoms with van der Waals surface area (Å²) < 4.78 is 7.72. The van der Waals surface area contributed by atoms with E-state index in [4.69, 9.17) is 9.72 Å². The molecular weight excluding hydrogens is 352 g/mol. The van der Waals surface area contributed by atoms with E-state index in [2.05, 4.69) is 10.2 Å². The number of piperazine rings is 1.